The Morgan fingerprint density at radius 1 is 1.32 bits per heavy atom. The molecule has 0 aliphatic heterocycles. The smallest absolute Gasteiger partial charge is 0.289 e. The molecule has 0 saturated carbocycles. The van der Waals surface area contributed by atoms with Crippen LogP contribution in [0, 0.1) is 5.95 Å². The number of fused-ring (bicyclic) bond motifs is 1. The van der Waals surface area contributed by atoms with Gasteiger partial charge in [0.2, 0.25) is 11.8 Å². The summed E-state index contributed by atoms with van der Waals surface area (Å²) in [5.41, 5.74) is 2.19. The van der Waals surface area contributed by atoms with E-state index in [2.05, 4.69) is 20.3 Å². The van der Waals surface area contributed by atoms with Gasteiger partial charge in [-0.1, -0.05) is 17.7 Å². The minimum Gasteiger partial charge on any atom is -0.341 e. The Bertz CT molecular complexity index is 737. The third-order valence-corrected chi connectivity index (χ3v) is 3.93. The van der Waals surface area contributed by atoms with Crippen LogP contribution in [0.4, 0.5) is 4.39 Å². The maximum absolute atomic E-state index is 13.1. The molecule has 2 heterocycles. The van der Waals surface area contributed by atoms with Crippen molar-refractivity contribution >= 4 is 17.5 Å². The van der Waals surface area contributed by atoms with Crippen molar-refractivity contribution in [1.29, 1.82) is 0 Å². The Labute approximate surface area is 132 Å². The van der Waals surface area contributed by atoms with Crippen molar-refractivity contribution in [3.8, 4) is 0 Å². The van der Waals surface area contributed by atoms with Crippen LogP contribution in [0.25, 0.3) is 0 Å². The summed E-state index contributed by atoms with van der Waals surface area (Å²) >= 11 is 6.10. The summed E-state index contributed by atoms with van der Waals surface area (Å²) in [5.74, 6) is -1.00. The topological polar surface area (TPSA) is 67.8 Å². The largest absolute Gasteiger partial charge is 0.341 e. The molecule has 0 aromatic carbocycles. The Morgan fingerprint density at radius 2 is 2.14 bits per heavy atom. The fourth-order valence-electron chi connectivity index (χ4n) is 2.49. The standard InChI is InChI=1S/C15H14ClFN4O/c1-8(10-5-3-7-12(17)19-10)18-15(22)14-20-11-6-2-4-9(11)13(16)21-14/h3,5,7-8H,2,4,6H2,1H3,(H,18,22)/t8-/m1/s1. The van der Waals surface area contributed by atoms with Crippen LogP contribution in [0.3, 0.4) is 0 Å². The van der Waals surface area contributed by atoms with Gasteiger partial charge in [0, 0.05) is 11.3 Å². The van der Waals surface area contributed by atoms with Crippen molar-refractivity contribution in [2.24, 2.45) is 0 Å². The molecule has 5 nitrogen and oxygen atoms in total. The minimum absolute atomic E-state index is 0.0360. The van der Waals surface area contributed by atoms with Gasteiger partial charge in [-0.05, 0) is 38.3 Å². The van der Waals surface area contributed by atoms with Gasteiger partial charge in [-0.3, -0.25) is 4.79 Å². The lowest BCUT2D eigenvalue weighted by molar-refractivity contribution is 0.0928. The molecule has 0 radical (unpaired) electrons. The first kappa shape index (κ1) is 14.8. The predicted octanol–water partition coefficient (Wildman–Crippen LogP) is 2.64. The average molecular weight is 321 g/mol. The van der Waals surface area contributed by atoms with E-state index >= 15 is 0 Å². The highest BCUT2D eigenvalue weighted by molar-refractivity contribution is 6.30. The summed E-state index contributed by atoms with van der Waals surface area (Å²) in [6.45, 7) is 1.72. The van der Waals surface area contributed by atoms with E-state index in [1.165, 1.54) is 6.07 Å². The fourth-order valence-corrected chi connectivity index (χ4v) is 2.77. The predicted molar refractivity (Wildman–Crippen MR) is 79.1 cm³/mol. The first-order valence-electron chi connectivity index (χ1n) is 7.03. The maximum Gasteiger partial charge on any atom is 0.289 e. The molecule has 22 heavy (non-hydrogen) atoms. The summed E-state index contributed by atoms with van der Waals surface area (Å²) in [4.78, 5) is 24.3. The van der Waals surface area contributed by atoms with Gasteiger partial charge in [0.25, 0.3) is 5.91 Å². The summed E-state index contributed by atoms with van der Waals surface area (Å²) in [5, 5.41) is 3.04. The molecule has 114 valence electrons. The number of aryl methyl sites for hydroxylation is 1. The lowest BCUT2D eigenvalue weighted by Gasteiger charge is -2.13. The Balaban J connectivity index is 1.79. The van der Waals surface area contributed by atoms with Crippen molar-refractivity contribution in [2.75, 3.05) is 0 Å². The molecule has 1 aliphatic carbocycles. The van der Waals surface area contributed by atoms with Gasteiger partial charge in [-0.15, -0.1) is 0 Å². The minimum atomic E-state index is -0.588. The molecule has 1 atom stereocenters. The van der Waals surface area contributed by atoms with E-state index in [4.69, 9.17) is 11.6 Å². The SMILES string of the molecule is C[C@@H](NC(=O)c1nc(Cl)c2c(n1)CCC2)c1cccc(F)n1. The molecule has 1 N–H and O–H groups in total. The number of amides is 1. The quantitative estimate of drug-likeness (QED) is 0.697. The number of carbonyl (C=O) groups excluding carboxylic acids is 1. The normalized spacial score (nSPS) is 14.5. The number of hydrogen-bond acceptors (Lipinski definition) is 4. The number of nitrogens with zero attached hydrogens (tertiary/aromatic N) is 3. The van der Waals surface area contributed by atoms with Crippen molar-refractivity contribution in [1.82, 2.24) is 20.3 Å². The maximum atomic E-state index is 13.1. The van der Waals surface area contributed by atoms with E-state index in [1.807, 2.05) is 0 Å². The van der Waals surface area contributed by atoms with E-state index in [-0.39, 0.29) is 5.82 Å². The van der Waals surface area contributed by atoms with Gasteiger partial charge in [0.05, 0.1) is 11.7 Å². The second-order valence-electron chi connectivity index (χ2n) is 5.20. The zero-order valence-electron chi connectivity index (χ0n) is 11.9. The highest BCUT2D eigenvalue weighted by atomic mass is 35.5. The van der Waals surface area contributed by atoms with Crippen LogP contribution in [0.5, 0.6) is 0 Å². The fraction of sp³-hybridized carbons (Fsp3) is 0.333. The summed E-state index contributed by atoms with van der Waals surface area (Å²) in [6, 6.07) is 3.98. The van der Waals surface area contributed by atoms with Crippen LogP contribution in [0.1, 0.15) is 47.0 Å². The zero-order chi connectivity index (χ0) is 15.7. The molecule has 1 amide bonds. The first-order valence-corrected chi connectivity index (χ1v) is 7.41. The van der Waals surface area contributed by atoms with E-state index < -0.39 is 17.9 Å². The lowest BCUT2D eigenvalue weighted by atomic mass is 10.2. The number of halogens is 2. The van der Waals surface area contributed by atoms with Crippen LogP contribution >= 0.6 is 11.6 Å². The molecular formula is C15H14ClFN4O. The summed E-state index contributed by atoms with van der Waals surface area (Å²) < 4.78 is 13.1. The van der Waals surface area contributed by atoms with E-state index in [0.29, 0.717) is 10.8 Å². The molecular weight excluding hydrogens is 307 g/mol. The van der Waals surface area contributed by atoms with Gasteiger partial charge in [-0.2, -0.15) is 4.39 Å². The second kappa shape index (κ2) is 5.96. The number of carbonyl (C=O) groups is 1. The van der Waals surface area contributed by atoms with Crippen molar-refractivity contribution in [3.63, 3.8) is 0 Å². The van der Waals surface area contributed by atoms with Crippen LogP contribution in [-0.4, -0.2) is 20.9 Å². The first-order chi connectivity index (χ1) is 10.5. The van der Waals surface area contributed by atoms with Crippen molar-refractivity contribution in [3.05, 3.63) is 52.1 Å². The number of rotatable bonds is 3. The van der Waals surface area contributed by atoms with Gasteiger partial charge in [-0.25, -0.2) is 15.0 Å². The Kier molecular flexibility index (Phi) is 4.02. The molecule has 2 aromatic rings. The third kappa shape index (κ3) is 2.92. The summed E-state index contributed by atoms with van der Waals surface area (Å²) in [7, 11) is 0. The molecule has 0 fully saturated rings. The Morgan fingerprint density at radius 3 is 2.91 bits per heavy atom. The zero-order valence-corrected chi connectivity index (χ0v) is 12.7. The second-order valence-corrected chi connectivity index (χ2v) is 5.56. The van der Waals surface area contributed by atoms with E-state index in [1.54, 1.807) is 19.1 Å². The number of nitrogens with one attached hydrogen (secondary N) is 1. The molecule has 3 rings (SSSR count). The highest BCUT2D eigenvalue weighted by Gasteiger charge is 2.22. The van der Waals surface area contributed by atoms with Gasteiger partial charge < -0.3 is 5.32 Å². The van der Waals surface area contributed by atoms with Crippen LogP contribution < -0.4 is 5.32 Å². The van der Waals surface area contributed by atoms with Crippen molar-refractivity contribution in [2.45, 2.75) is 32.2 Å². The van der Waals surface area contributed by atoms with Crippen LogP contribution in [0.15, 0.2) is 18.2 Å². The van der Waals surface area contributed by atoms with E-state index in [9.17, 15) is 9.18 Å². The molecule has 0 saturated heterocycles. The summed E-state index contributed by atoms with van der Waals surface area (Å²) in [6.07, 6.45) is 2.62. The lowest BCUT2D eigenvalue weighted by Crippen LogP contribution is -2.29. The highest BCUT2D eigenvalue weighted by Crippen LogP contribution is 2.26. The molecule has 0 bridgehead atoms. The van der Waals surface area contributed by atoms with Gasteiger partial charge >= 0.3 is 0 Å². The van der Waals surface area contributed by atoms with Crippen LogP contribution in [0.2, 0.25) is 5.15 Å². The molecule has 0 unspecified atom stereocenters. The molecule has 1 aliphatic rings. The number of hydrogen-bond donors (Lipinski definition) is 1. The molecule has 7 heteroatoms. The number of aromatic nitrogens is 3. The third-order valence-electron chi connectivity index (χ3n) is 3.61. The van der Waals surface area contributed by atoms with Gasteiger partial charge in [0.15, 0.2) is 0 Å². The van der Waals surface area contributed by atoms with E-state index in [0.717, 1.165) is 30.5 Å². The van der Waals surface area contributed by atoms with Crippen molar-refractivity contribution < 1.29 is 9.18 Å². The Hall–Kier alpha value is -2.08. The van der Waals surface area contributed by atoms with Crippen LogP contribution in [-0.2, 0) is 12.8 Å². The average Bonchev–Trinajstić information content (AvgIpc) is 2.96. The van der Waals surface area contributed by atoms with Gasteiger partial charge in [0.1, 0.15) is 5.15 Å². The molecule has 0 spiro atoms. The number of pyridine rings is 1. The molecule has 2 aromatic heterocycles. The monoisotopic (exact) mass is 320 g/mol.